The second-order valence-corrected chi connectivity index (χ2v) is 6.90. The Labute approximate surface area is 117 Å². The van der Waals surface area contributed by atoms with E-state index >= 15 is 0 Å². The fourth-order valence-corrected chi connectivity index (χ4v) is 3.27. The topological polar surface area (TPSA) is 80.5 Å². The summed E-state index contributed by atoms with van der Waals surface area (Å²) in [6, 6.07) is 5.30. The van der Waals surface area contributed by atoms with Crippen LogP contribution in [0.3, 0.4) is 0 Å². The van der Waals surface area contributed by atoms with E-state index in [4.69, 9.17) is 16.7 Å². The van der Waals surface area contributed by atoms with Gasteiger partial charge in [0, 0.05) is 29.6 Å². The van der Waals surface area contributed by atoms with Crippen LogP contribution in [0.4, 0.5) is 5.69 Å². The number of primary sulfonamides is 1. The molecule has 104 valence electrons. The van der Waals surface area contributed by atoms with Crippen molar-refractivity contribution in [2.75, 3.05) is 17.2 Å². The molecule has 1 amide bonds. The van der Waals surface area contributed by atoms with Gasteiger partial charge in [-0.05, 0) is 30.7 Å². The first kappa shape index (κ1) is 14.3. The molecule has 7 heteroatoms. The molecule has 2 N–H and O–H groups in total. The number of carbonyl (C=O) groups excluding carboxylic acids is 1. The van der Waals surface area contributed by atoms with Crippen LogP contribution in [-0.2, 0) is 14.8 Å². The quantitative estimate of drug-likeness (QED) is 0.913. The van der Waals surface area contributed by atoms with E-state index in [2.05, 4.69) is 0 Å². The van der Waals surface area contributed by atoms with Crippen molar-refractivity contribution in [1.29, 1.82) is 0 Å². The maximum absolute atomic E-state index is 11.9. The second-order valence-electron chi connectivity index (χ2n) is 4.84. The Kier molecular flexibility index (Phi) is 3.85. The van der Waals surface area contributed by atoms with Crippen LogP contribution in [0.15, 0.2) is 18.2 Å². The second kappa shape index (κ2) is 5.11. The fourth-order valence-electron chi connectivity index (χ4n) is 2.27. The molecule has 1 aliphatic rings. The zero-order chi connectivity index (χ0) is 14.2. The molecule has 1 atom stereocenters. The van der Waals surface area contributed by atoms with E-state index < -0.39 is 10.0 Å². The summed E-state index contributed by atoms with van der Waals surface area (Å²) in [6.07, 6.45) is 0.206. The average Bonchev–Trinajstić information content (AvgIpc) is 2.61. The lowest BCUT2D eigenvalue weighted by molar-refractivity contribution is -0.117. The lowest BCUT2D eigenvalue weighted by atomic mass is 10.1. The molecule has 1 aliphatic heterocycles. The van der Waals surface area contributed by atoms with Crippen molar-refractivity contribution in [2.24, 2.45) is 11.1 Å². The predicted molar refractivity (Wildman–Crippen MR) is 74.6 cm³/mol. The number of benzene rings is 1. The van der Waals surface area contributed by atoms with Crippen molar-refractivity contribution in [3.8, 4) is 0 Å². The molecule has 1 aromatic carbocycles. The number of aryl methyl sites for hydroxylation is 1. The number of rotatable bonds is 3. The summed E-state index contributed by atoms with van der Waals surface area (Å²) in [5.41, 5.74) is 1.62. The molecule has 1 aromatic rings. The van der Waals surface area contributed by atoms with Crippen molar-refractivity contribution in [3.63, 3.8) is 0 Å². The van der Waals surface area contributed by atoms with Gasteiger partial charge in [-0.2, -0.15) is 0 Å². The van der Waals surface area contributed by atoms with Crippen molar-refractivity contribution in [2.45, 2.75) is 13.3 Å². The number of hydrogen-bond acceptors (Lipinski definition) is 3. The third-order valence-electron chi connectivity index (χ3n) is 3.13. The van der Waals surface area contributed by atoms with Crippen LogP contribution in [0.2, 0.25) is 5.02 Å². The van der Waals surface area contributed by atoms with Crippen LogP contribution in [0, 0.1) is 12.8 Å². The lowest BCUT2D eigenvalue weighted by Crippen LogP contribution is -2.27. The molecule has 2 rings (SSSR count). The maximum Gasteiger partial charge on any atom is 0.227 e. The van der Waals surface area contributed by atoms with Gasteiger partial charge in [-0.15, -0.1) is 0 Å². The van der Waals surface area contributed by atoms with Crippen molar-refractivity contribution >= 4 is 33.2 Å². The molecule has 1 unspecified atom stereocenters. The number of halogens is 1. The molecule has 0 spiro atoms. The minimum absolute atomic E-state index is 0.0876. The maximum atomic E-state index is 11.9. The van der Waals surface area contributed by atoms with Gasteiger partial charge in [-0.3, -0.25) is 4.79 Å². The lowest BCUT2D eigenvalue weighted by Gasteiger charge is -2.17. The number of hydrogen-bond donors (Lipinski definition) is 1. The molecule has 0 aromatic heterocycles. The summed E-state index contributed by atoms with van der Waals surface area (Å²) < 4.78 is 22.1. The highest BCUT2D eigenvalue weighted by Crippen LogP contribution is 2.28. The smallest absolute Gasteiger partial charge is 0.227 e. The number of anilines is 1. The monoisotopic (exact) mass is 302 g/mol. The van der Waals surface area contributed by atoms with E-state index in [1.807, 2.05) is 13.0 Å². The van der Waals surface area contributed by atoms with Crippen LogP contribution in [0.1, 0.15) is 12.0 Å². The first-order valence-electron chi connectivity index (χ1n) is 5.83. The first-order chi connectivity index (χ1) is 8.76. The van der Waals surface area contributed by atoms with Gasteiger partial charge in [0.25, 0.3) is 0 Å². The van der Waals surface area contributed by atoms with Gasteiger partial charge in [0.15, 0.2) is 0 Å². The van der Waals surface area contributed by atoms with Crippen molar-refractivity contribution < 1.29 is 13.2 Å². The fraction of sp³-hybridized carbons (Fsp3) is 0.417. The number of sulfonamides is 1. The highest BCUT2D eigenvalue weighted by atomic mass is 35.5. The molecular weight excluding hydrogens is 288 g/mol. The molecule has 1 fully saturated rings. The Balaban J connectivity index is 2.18. The molecular formula is C12H15ClN2O3S. The van der Waals surface area contributed by atoms with Gasteiger partial charge in [0.2, 0.25) is 15.9 Å². The summed E-state index contributed by atoms with van der Waals surface area (Å²) in [4.78, 5) is 13.5. The van der Waals surface area contributed by atoms with Gasteiger partial charge in [0.05, 0.1) is 5.75 Å². The van der Waals surface area contributed by atoms with Crippen LogP contribution in [0.25, 0.3) is 0 Å². The minimum Gasteiger partial charge on any atom is -0.312 e. The highest BCUT2D eigenvalue weighted by Gasteiger charge is 2.32. The summed E-state index contributed by atoms with van der Waals surface area (Å²) in [5, 5.41) is 5.65. The Morgan fingerprint density at radius 1 is 1.47 bits per heavy atom. The molecule has 19 heavy (non-hydrogen) atoms. The SMILES string of the molecule is Cc1cc(N2CC(CS(N)(=O)=O)CC2=O)ccc1Cl. The van der Waals surface area contributed by atoms with E-state index in [1.54, 1.807) is 17.0 Å². The van der Waals surface area contributed by atoms with Crippen molar-refractivity contribution in [1.82, 2.24) is 0 Å². The molecule has 1 heterocycles. The Hall–Kier alpha value is -1.11. The summed E-state index contributed by atoms with van der Waals surface area (Å²) in [5.74, 6) is -0.504. The molecule has 0 aliphatic carbocycles. The number of nitrogens with zero attached hydrogens (tertiary/aromatic N) is 1. The normalized spacial score (nSPS) is 20.1. The van der Waals surface area contributed by atoms with Crippen LogP contribution < -0.4 is 10.0 Å². The highest BCUT2D eigenvalue weighted by molar-refractivity contribution is 7.89. The number of amides is 1. The summed E-state index contributed by atoms with van der Waals surface area (Å²) in [7, 11) is -3.55. The zero-order valence-electron chi connectivity index (χ0n) is 10.5. The average molecular weight is 303 g/mol. The summed E-state index contributed by atoms with van der Waals surface area (Å²) >= 11 is 5.94. The molecule has 0 radical (unpaired) electrons. The molecule has 5 nitrogen and oxygen atoms in total. The van der Waals surface area contributed by atoms with Crippen LogP contribution >= 0.6 is 11.6 Å². The van der Waals surface area contributed by atoms with Gasteiger partial charge in [-0.25, -0.2) is 13.6 Å². The summed E-state index contributed by atoms with van der Waals surface area (Å²) in [6.45, 7) is 2.23. The largest absolute Gasteiger partial charge is 0.312 e. The number of nitrogens with two attached hydrogens (primary N) is 1. The van der Waals surface area contributed by atoms with E-state index in [-0.39, 0.29) is 24.0 Å². The van der Waals surface area contributed by atoms with E-state index in [0.29, 0.717) is 11.6 Å². The number of carbonyl (C=O) groups is 1. The van der Waals surface area contributed by atoms with E-state index in [1.165, 1.54) is 0 Å². The third-order valence-corrected chi connectivity index (χ3v) is 4.49. The molecule has 0 saturated carbocycles. The predicted octanol–water partition coefficient (Wildman–Crippen LogP) is 1.29. The Morgan fingerprint density at radius 2 is 2.16 bits per heavy atom. The Morgan fingerprint density at radius 3 is 2.74 bits per heavy atom. The standard InChI is InChI=1S/C12H15ClN2O3S/c1-8-4-10(2-3-11(8)13)15-6-9(5-12(15)16)7-19(14,17)18/h2-4,9H,5-7H2,1H3,(H2,14,17,18). The molecule has 1 saturated heterocycles. The molecule has 0 bridgehead atoms. The first-order valence-corrected chi connectivity index (χ1v) is 7.92. The van der Waals surface area contributed by atoms with Crippen LogP contribution in [-0.4, -0.2) is 26.6 Å². The van der Waals surface area contributed by atoms with Crippen LogP contribution in [0.5, 0.6) is 0 Å². The Bertz CT molecular complexity index is 615. The van der Waals surface area contributed by atoms with E-state index in [0.717, 1.165) is 11.3 Å². The third kappa shape index (κ3) is 3.46. The van der Waals surface area contributed by atoms with Gasteiger partial charge < -0.3 is 4.90 Å². The van der Waals surface area contributed by atoms with E-state index in [9.17, 15) is 13.2 Å². The van der Waals surface area contributed by atoms with Gasteiger partial charge in [-0.1, -0.05) is 11.6 Å². The minimum atomic E-state index is -3.55. The van der Waals surface area contributed by atoms with Crippen molar-refractivity contribution in [3.05, 3.63) is 28.8 Å². The van der Waals surface area contributed by atoms with Gasteiger partial charge >= 0.3 is 0 Å². The zero-order valence-corrected chi connectivity index (χ0v) is 12.0. The van der Waals surface area contributed by atoms with Gasteiger partial charge in [0.1, 0.15) is 0 Å².